The summed E-state index contributed by atoms with van der Waals surface area (Å²) in [6, 6.07) is 13.2. The van der Waals surface area contributed by atoms with E-state index in [2.05, 4.69) is 0 Å². The Kier molecular flexibility index (Phi) is 4.22. The number of carbonyl (C=O) groups excluding carboxylic acids is 1. The van der Waals surface area contributed by atoms with Crippen molar-refractivity contribution in [2.45, 2.75) is 0 Å². The van der Waals surface area contributed by atoms with Crippen LogP contribution < -0.4 is 14.5 Å². The van der Waals surface area contributed by atoms with E-state index in [1.54, 1.807) is 48.5 Å². The Hall–Kier alpha value is -2.53. The normalized spacial score (nSPS) is 9.95. The molecule has 0 fully saturated rings. The third-order valence-electron chi connectivity index (χ3n) is 2.82. The topological polar surface area (TPSA) is 61.8 Å². The number of anilines is 1. The van der Waals surface area contributed by atoms with Crippen LogP contribution in [0, 0.1) is 5.21 Å². The number of hydroxylamine groups is 1. The van der Waals surface area contributed by atoms with E-state index >= 15 is 0 Å². The summed E-state index contributed by atoms with van der Waals surface area (Å²) in [5.74, 6) is -0.136. The zero-order valence-electron chi connectivity index (χ0n) is 11.2. The number of rotatable bonds is 4. The molecule has 0 aliphatic carbocycles. The van der Waals surface area contributed by atoms with Crippen LogP contribution in [0.2, 0.25) is 0 Å². The molecule has 0 radical (unpaired) electrons. The van der Waals surface area contributed by atoms with Gasteiger partial charge < -0.3 is 19.7 Å². The molecule has 5 nitrogen and oxygen atoms in total. The van der Waals surface area contributed by atoms with Gasteiger partial charge in [-0.15, -0.1) is 0 Å². The van der Waals surface area contributed by atoms with Crippen molar-refractivity contribution in [2.24, 2.45) is 0 Å². The van der Waals surface area contributed by atoms with Gasteiger partial charge in [0, 0.05) is 5.69 Å². The number of para-hydroxylation sites is 1. The van der Waals surface area contributed by atoms with Crippen LogP contribution in [-0.4, -0.2) is 20.1 Å². The minimum atomic E-state index is -0.731. The molecule has 5 heteroatoms. The molecule has 104 valence electrons. The zero-order chi connectivity index (χ0) is 14.5. The fourth-order valence-corrected chi connectivity index (χ4v) is 1.84. The lowest BCUT2D eigenvalue weighted by molar-refractivity contribution is 0.0991. The summed E-state index contributed by atoms with van der Waals surface area (Å²) in [6.45, 7) is 0. The summed E-state index contributed by atoms with van der Waals surface area (Å²) in [7, 11) is 2.87. The fourth-order valence-electron chi connectivity index (χ4n) is 1.84. The average Bonchev–Trinajstić information content (AvgIpc) is 2.53. The number of benzene rings is 2. The first-order chi connectivity index (χ1) is 9.69. The number of methoxy groups -OCH3 is 2. The molecule has 0 bridgehead atoms. The van der Waals surface area contributed by atoms with Crippen LogP contribution in [0.3, 0.4) is 0 Å². The molecule has 0 unspecified atom stereocenters. The molecule has 2 aromatic rings. The summed E-state index contributed by atoms with van der Waals surface area (Å²) in [6.07, 6.45) is 0. The average molecular weight is 272 g/mol. The van der Waals surface area contributed by atoms with E-state index in [4.69, 9.17) is 9.47 Å². The first-order valence-electron chi connectivity index (χ1n) is 5.96. The molecule has 0 saturated heterocycles. The number of amides is 1. The number of nitrogens with zero attached hydrogens (tertiary/aromatic N) is 1. The molecule has 1 amide bonds. The summed E-state index contributed by atoms with van der Waals surface area (Å²) in [4.78, 5) is 12.4. The molecule has 0 atom stereocenters. The molecule has 0 aliphatic heterocycles. The van der Waals surface area contributed by atoms with Crippen molar-refractivity contribution in [3.63, 3.8) is 0 Å². The van der Waals surface area contributed by atoms with E-state index in [9.17, 15) is 10.0 Å². The Morgan fingerprint density at radius 1 is 0.950 bits per heavy atom. The highest BCUT2D eigenvalue weighted by molar-refractivity contribution is 6.10. The summed E-state index contributed by atoms with van der Waals surface area (Å²) < 4.78 is 10.3. The Labute approximate surface area is 116 Å². The smallest absolute Gasteiger partial charge is 0.255 e. The van der Waals surface area contributed by atoms with Gasteiger partial charge in [-0.05, 0) is 24.3 Å². The van der Waals surface area contributed by atoms with Crippen LogP contribution in [0.15, 0.2) is 48.5 Å². The standard InChI is InChI=1S/C15H14NO4/c1-19-12-9-6-10-13(20-2)14(12)15(17)16(18)11-7-4-3-5-8-11/h3-10H,1-2H3/q-1. The van der Waals surface area contributed by atoms with E-state index < -0.39 is 5.91 Å². The van der Waals surface area contributed by atoms with Crippen molar-refractivity contribution in [1.29, 1.82) is 0 Å². The van der Waals surface area contributed by atoms with E-state index in [0.717, 1.165) is 0 Å². The van der Waals surface area contributed by atoms with Crippen LogP contribution in [0.1, 0.15) is 10.4 Å². The molecular weight excluding hydrogens is 258 g/mol. The molecule has 0 saturated carbocycles. The minimum absolute atomic E-state index is 0.108. The van der Waals surface area contributed by atoms with Gasteiger partial charge in [0.2, 0.25) is 0 Å². The predicted octanol–water partition coefficient (Wildman–Crippen LogP) is 2.85. The second-order valence-corrected chi connectivity index (χ2v) is 3.97. The number of ether oxygens (including phenoxy) is 2. The van der Waals surface area contributed by atoms with Crippen molar-refractivity contribution >= 4 is 11.6 Å². The van der Waals surface area contributed by atoms with Crippen LogP contribution in [0.4, 0.5) is 5.69 Å². The molecule has 20 heavy (non-hydrogen) atoms. The maximum atomic E-state index is 12.4. The molecule has 0 heterocycles. The quantitative estimate of drug-likeness (QED) is 0.803. The van der Waals surface area contributed by atoms with Crippen LogP contribution in [0.25, 0.3) is 0 Å². The largest absolute Gasteiger partial charge is 0.751 e. The molecule has 0 spiro atoms. The molecular formula is C15H14NO4-. The lowest BCUT2D eigenvalue weighted by Crippen LogP contribution is -2.25. The van der Waals surface area contributed by atoms with Gasteiger partial charge >= 0.3 is 0 Å². The monoisotopic (exact) mass is 272 g/mol. The summed E-state index contributed by atoms with van der Waals surface area (Å²) >= 11 is 0. The molecule has 2 aromatic carbocycles. The fraction of sp³-hybridized carbons (Fsp3) is 0.133. The van der Waals surface area contributed by atoms with Crippen LogP contribution in [0.5, 0.6) is 11.5 Å². The Morgan fingerprint density at radius 3 is 2.00 bits per heavy atom. The van der Waals surface area contributed by atoms with E-state index in [-0.39, 0.29) is 11.3 Å². The predicted molar refractivity (Wildman–Crippen MR) is 76.2 cm³/mol. The van der Waals surface area contributed by atoms with Crippen molar-refractivity contribution in [3.8, 4) is 11.5 Å². The van der Waals surface area contributed by atoms with Gasteiger partial charge in [-0.1, -0.05) is 24.3 Å². The van der Waals surface area contributed by atoms with Gasteiger partial charge in [0.05, 0.1) is 14.2 Å². The van der Waals surface area contributed by atoms with Gasteiger partial charge in [-0.2, -0.15) is 0 Å². The van der Waals surface area contributed by atoms with Gasteiger partial charge in [-0.25, -0.2) is 0 Å². The highest BCUT2D eigenvalue weighted by Crippen LogP contribution is 2.30. The van der Waals surface area contributed by atoms with Crippen LogP contribution >= 0.6 is 0 Å². The first-order valence-corrected chi connectivity index (χ1v) is 5.96. The summed E-state index contributed by atoms with van der Waals surface area (Å²) in [5.41, 5.74) is 0.363. The van der Waals surface area contributed by atoms with E-state index in [1.807, 2.05) is 0 Å². The molecule has 0 N–H and O–H groups in total. The molecule has 2 rings (SSSR count). The van der Waals surface area contributed by atoms with Crippen molar-refractivity contribution < 1.29 is 14.3 Å². The molecule has 0 aromatic heterocycles. The third kappa shape index (κ3) is 2.57. The second-order valence-electron chi connectivity index (χ2n) is 3.97. The zero-order valence-corrected chi connectivity index (χ0v) is 11.2. The van der Waals surface area contributed by atoms with Gasteiger partial charge in [0.25, 0.3) is 5.91 Å². The number of hydrogen-bond donors (Lipinski definition) is 0. The minimum Gasteiger partial charge on any atom is -0.751 e. The highest BCUT2D eigenvalue weighted by Gasteiger charge is 2.19. The lowest BCUT2D eigenvalue weighted by atomic mass is 10.1. The molecule has 0 aliphatic rings. The number of carbonyl (C=O) groups is 1. The van der Waals surface area contributed by atoms with Crippen molar-refractivity contribution in [2.75, 3.05) is 19.3 Å². The Balaban J connectivity index is 2.43. The third-order valence-corrected chi connectivity index (χ3v) is 2.82. The Bertz CT molecular complexity index is 576. The van der Waals surface area contributed by atoms with Gasteiger partial charge in [-0.3, -0.25) is 4.79 Å². The SMILES string of the molecule is COc1cccc(OC)c1C(=O)N([O-])c1ccccc1. The van der Waals surface area contributed by atoms with Crippen LogP contribution in [-0.2, 0) is 0 Å². The number of hydrogen-bond acceptors (Lipinski definition) is 4. The van der Waals surface area contributed by atoms with E-state index in [0.29, 0.717) is 16.6 Å². The first kappa shape index (κ1) is 13.9. The maximum Gasteiger partial charge on any atom is 0.255 e. The van der Waals surface area contributed by atoms with Gasteiger partial charge in [0.15, 0.2) is 0 Å². The highest BCUT2D eigenvalue weighted by atomic mass is 16.5. The van der Waals surface area contributed by atoms with Gasteiger partial charge in [0.1, 0.15) is 17.1 Å². The lowest BCUT2D eigenvalue weighted by Gasteiger charge is -2.29. The van der Waals surface area contributed by atoms with Crippen molar-refractivity contribution in [3.05, 3.63) is 59.3 Å². The second kappa shape index (κ2) is 6.08. The van der Waals surface area contributed by atoms with Crippen molar-refractivity contribution in [1.82, 2.24) is 0 Å². The summed E-state index contributed by atoms with van der Waals surface area (Å²) in [5, 5.41) is 12.5. The maximum absolute atomic E-state index is 12.4. The van der Waals surface area contributed by atoms with E-state index in [1.165, 1.54) is 14.2 Å². The Morgan fingerprint density at radius 2 is 1.50 bits per heavy atom.